The molecule has 3 aromatic rings. The molecule has 0 spiro atoms. The number of hydrogen-bond acceptors (Lipinski definition) is 4. The highest BCUT2D eigenvalue weighted by Gasteiger charge is 2.14. The van der Waals surface area contributed by atoms with E-state index in [1.54, 1.807) is 12.1 Å². The van der Waals surface area contributed by atoms with Crippen molar-refractivity contribution in [2.75, 3.05) is 6.54 Å². The van der Waals surface area contributed by atoms with Gasteiger partial charge in [-0.25, -0.2) is 0 Å². The van der Waals surface area contributed by atoms with Crippen molar-refractivity contribution < 1.29 is 13.9 Å². The molecule has 0 aliphatic carbocycles. The number of rotatable bonds is 9. The van der Waals surface area contributed by atoms with Gasteiger partial charge < -0.3 is 14.5 Å². The molecule has 2 aromatic heterocycles. The zero-order valence-electron chi connectivity index (χ0n) is 18.2. The Hall–Kier alpha value is -2.25. The van der Waals surface area contributed by atoms with Crippen LogP contribution in [0.4, 0.5) is 0 Å². The molecule has 31 heavy (non-hydrogen) atoms. The number of carbonyl (C=O) groups excluding carboxylic acids is 1. The van der Waals surface area contributed by atoms with Crippen LogP contribution in [0.15, 0.2) is 39.4 Å². The quantitative estimate of drug-likeness (QED) is 0.358. The summed E-state index contributed by atoms with van der Waals surface area (Å²) in [5, 5.41) is 7.98. The number of aryl methyl sites for hydroxylation is 3. The Morgan fingerprint density at radius 1 is 1.32 bits per heavy atom. The summed E-state index contributed by atoms with van der Waals surface area (Å²) in [7, 11) is 0. The summed E-state index contributed by atoms with van der Waals surface area (Å²) in [6, 6.07) is 7.31. The molecule has 0 aliphatic heterocycles. The van der Waals surface area contributed by atoms with E-state index in [1.807, 2.05) is 36.9 Å². The highest BCUT2D eigenvalue weighted by atomic mass is 79.9. The van der Waals surface area contributed by atoms with Crippen LogP contribution in [0.25, 0.3) is 0 Å². The number of amides is 1. The number of aromatic nitrogens is 2. The highest BCUT2D eigenvalue weighted by molar-refractivity contribution is 9.10. The maximum absolute atomic E-state index is 12.3. The van der Waals surface area contributed by atoms with Gasteiger partial charge in [0, 0.05) is 24.3 Å². The number of ether oxygens (including phenoxy) is 1. The Labute approximate surface area is 196 Å². The fourth-order valence-electron chi connectivity index (χ4n) is 3.11. The number of hydrogen-bond donors (Lipinski definition) is 1. The SMILES string of the molecule is Cc1cc(OCc2ccc(C(=O)NCCCn3cc(Br)c(C)n3)o2)c(C(C)C)cc1Cl. The summed E-state index contributed by atoms with van der Waals surface area (Å²) in [4.78, 5) is 12.3. The van der Waals surface area contributed by atoms with Crippen LogP contribution >= 0.6 is 27.5 Å². The largest absolute Gasteiger partial charge is 0.485 e. The third-order valence-corrected chi connectivity index (χ3v) is 6.09. The van der Waals surface area contributed by atoms with Crippen molar-refractivity contribution in [1.82, 2.24) is 15.1 Å². The smallest absolute Gasteiger partial charge is 0.286 e. The minimum Gasteiger partial charge on any atom is -0.485 e. The molecule has 1 amide bonds. The van der Waals surface area contributed by atoms with Crippen LogP contribution < -0.4 is 10.1 Å². The van der Waals surface area contributed by atoms with Crippen LogP contribution in [0.5, 0.6) is 5.75 Å². The first kappa shape index (κ1) is 23.4. The molecule has 1 aromatic carbocycles. The van der Waals surface area contributed by atoms with Crippen molar-refractivity contribution in [2.24, 2.45) is 0 Å². The molecule has 8 heteroatoms. The molecule has 0 atom stereocenters. The van der Waals surface area contributed by atoms with Crippen LogP contribution in [0.3, 0.4) is 0 Å². The average molecular weight is 509 g/mol. The van der Waals surface area contributed by atoms with E-state index in [0.29, 0.717) is 12.3 Å². The van der Waals surface area contributed by atoms with Gasteiger partial charge >= 0.3 is 0 Å². The van der Waals surface area contributed by atoms with Crippen molar-refractivity contribution in [3.63, 3.8) is 0 Å². The summed E-state index contributed by atoms with van der Waals surface area (Å²) in [5.41, 5.74) is 2.95. The third kappa shape index (κ3) is 6.14. The van der Waals surface area contributed by atoms with Gasteiger partial charge in [-0.05, 0) is 77.5 Å². The van der Waals surface area contributed by atoms with Gasteiger partial charge in [0.2, 0.25) is 0 Å². The maximum Gasteiger partial charge on any atom is 0.286 e. The molecule has 0 aliphatic rings. The van der Waals surface area contributed by atoms with Crippen molar-refractivity contribution in [3.8, 4) is 5.75 Å². The van der Waals surface area contributed by atoms with E-state index in [4.69, 9.17) is 20.8 Å². The van der Waals surface area contributed by atoms with E-state index >= 15 is 0 Å². The van der Waals surface area contributed by atoms with Crippen LogP contribution in [-0.4, -0.2) is 22.2 Å². The fourth-order valence-corrected chi connectivity index (χ4v) is 3.60. The van der Waals surface area contributed by atoms with Gasteiger partial charge in [0.05, 0.1) is 10.2 Å². The van der Waals surface area contributed by atoms with Gasteiger partial charge in [0.1, 0.15) is 18.1 Å². The lowest BCUT2D eigenvalue weighted by molar-refractivity contribution is 0.0920. The molecule has 6 nitrogen and oxygen atoms in total. The van der Waals surface area contributed by atoms with Crippen LogP contribution in [-0.2, 0) is 13.2 Å². The van der Waals surface area contributed by atoms with Crippen molar-refractivity contribution in [3.05, 3.63) is 68.3 Å². The van der Waals surface area contributed by atoms with E-state index in [9.17, 15) is 4.79 Å². The predicted molar refractivity (Wildman–Crippen MR) is 125 cm³/mol. The zero-order chi connectivity index (χ0) is 22.5. The van der Waals surface area contributed by atoms with E-state index in [1.165, 1.54) is 0 Å². The summed E-state index contributed by atoms with van der Waals surface area (Å²) in [6.07, 6.45) is 2.70. The number of benzene rings is 1. The van der Waals surface area contributed by atoms with Crippen molar-refractivity contribution >= 4 is 33.4 Å². The third-order valence-electron chi connectivity index (χ3n) is 4.90. The predicted octanol–water partition coefficient (Wildman–Crippen LogP) is 6.03. The second kappa shape index (κ2) is 10.4. The molecule has 0 saturated carbocycles. The first-order valence-corrected chi connectivity index (χ1v) is 11.4. The van der Waals surface area contributed by atoms with E-state index in [0.717, 1.165) is 45.0 Å². The summed E-state index contributed by atoms with van der Waals surface area (Å²) in [5.74, 6) is 1.67. The lowest BCUT2D eigenvalue weighted by Gasteiger charge is -2.15. The Bertz CT molecular complexity index is 1040. The van der Waals surface area contributed by atoms with Crippen molar-refractivity contribution in [1.29, 1.82) is 0 Å². The van der Waals surface area contributed by atoms with Gasteiger partial charge in [-0.2, -0.15) is 5.10 Å². The van der Waals surface area contributed by atoms with Gasteiger partial charge in [0.25, 0.3) is 5.91 Å². The molecule has 0 radical (unpaired) electrons. The minimum atomic E-state index is -0.241. The van der Waals surface area contributed by atoms with Crippen LogP contribution in [0.1, 0.15) is 59.3 Å². The number of nitrogens with one attached hydrogen (secondary N) is 1. The molecule has 0 fully saturated rings. The topological polar surface area (TPSA) is 69.3 Å². The Morgan fingerprint density at radius 3 is 2.77 bits per heavy atom. The fraction of sp³-hybridized carbons (Fsp3) is 0.391. The van der Waals surface area contributed by atoms with Gasteiger partial charge in [-0.3, -0.25) is 9.48 Å². The van der Waals surface area contributed by atoms with Gasteiger partial charge in [-0.15, -0.1) is 0 Å². The van der Waals surface area contributed by atoms with E-state index in [2.05, 4.69) is 40.2 Å². The minimum absolute atomic E-state index is 0.238. The van der Waals surface area contributed by atoms with Crippen LogP contribution in [0, 0.1) is 13.8 Å². The van der Waals surface area contributed by atoms with E-state index in [-0.39, 0.29) is 24.2 Å². The number of halogens is 2. The molecule has 0 unspecified atom stereocenters. The molecular weight excluding hydrogens is 482 g/mol. The molecule has 2 heterocycles. The number of furan rings is 1. The summed E-state index contributed by atoms with van der Waals surface area (Å²) < 4.78 is 14.5. The van der Waals surface area contributed by atoms with E-state index < -0.39 is 0 Å². The normalized spacial score (nSPS) is 11.2. The lowest BCUT2D eigenvalue weighted by Crippen LogP contribution is -2.24. The molecule has 166 valence electrons. The second-order valence-electron chi connectivity index (χ2n) is 7.78. The molecule has 0 saturated heterocycles. The van der Waals surface area contributed by atoms with Gasteiger partial charge in [-0.1, -0.05) is 25.4 Å². The van der Waals surface area contributed by atoms with Crippen LogP contribution in [0.2, 0.25) is 5.02 Å². The molecule has 0 bridgehead atoms. The van der Waals surface area contributed by atoms with Gasteiger partial charge in [0.15, 0.2) is 5.76 Å². The second-order valence-corrected chi connectivity index (χ2v) is 9.05. The first-order chi connectivity index (χ1) is 14.7. The first-order valence-electron chi connectivity index (χ1n) is 10.2. The lowest BCUT2D eigenvalue weighted by atomic mass is 10.0. The Balaban J connectivity index is 1.51. The highest BCUT2D eigenvalue weighted by Crippen LogP contribution is 2.32. The standard InChI is InChI=1S/C23H27BrClN3O3/c1-14(2)18-11-20(25)15(3)10-22(18)30-13-17-6-7-21(31-17)23(29)26-8-5-9-28-12-19(24)16(4)27-28/h6-7,10-12,14H,5,8-9,13H2,1-4H3,(H,26,29). The molecular formula is C23H27BrClN3O3. The zero-order valence-corrected chi connectivity index (χ0v) is 20.5. The maximum atomic E-state index is 12.3. The number of nitrogens with zero attached hydrogens (tertiary/aromatic N) is 2. The Kier molecular flexibility index (Phi) is 7.84. The average Bonchev–Trinajstić information content (AvgIpc) is 3.32. The van der Waals surface area contributed by atoms with Crippen molar-refractivity contribution in [2.45, 2.75) is 53.2 Å². The summed E-state index contributed by atoms with van der Waals surface area (Å²) in [6.45, 7) is 9.57. The molecule has 1 N–H and O–H groups in total. The molecule has 3 rings (SSSR count). The Morgan fingerprint density at radius 2 is 2.10 bits per heavy atom. The monoisotopic (exact) mass is 507 g/mol. The number of carbonyl (C=O) groups is 1. The summed E-state index contributed by atoms with van der Waals surface area (Å²) >= 11 is 9.70.